The molecule has 0 saturated heterocycles. The molecule has 6 nitrogen and oxygen atoms in total. The molecule has 172 valence electrons. The summed E-state index contributed by atoms with van der Waals surface area (Å²) >= 11 is 0. The maximum atomic E-state index is 12.1. The Hall–Kier alpha value is -3.64. The number of carbonyl (C=O) groups excluding carboxylic acids is 2. The molecule has 3 rings (SSSR count). The van der Waals surface area contributed by atoms with Crippen molar-refractivity contribution in [2.45, 2.75) is 38.4 Å². The van der Waals surface area contributed by atoms with Crippen LogP contribution >= 0.6 is 0 Å². The first-order valence-electron chi connectivity index (χ1n) is 11.2. The first-order valence-corrected chi connectivity index (χ1v) is 11.2. The summed E-state index contributed by atoms with van der Waals surface area (Å²) in [6, 6.07) is 26.7. The van der Waals surface area contributed by atoms with Gasteiger partial charge in [0.05, 0.1) is 6.10 Å². The Bertz CT molecular complexity index is 992. The van der Waals surface area contributed by atoms with Crippen LogP contribution in [0.15, 0.2) is 84.9 Å². The van der Waals surface area contributed by atoms with Crippen LogP contribution in [-0.2, 0) is 22.6 Å². The Kier molecular flexibility index (Phi) is 9.48. The molecule has 0 heterocycles. The zero-order valence-electron chi connectivity index (χ0n) is 18.6. The fraction of sp³-hybridized carbons (Fsp3) is 0.259. The van der Waals surface area contributed by atoms with Crippen molar-refractivity contribution in [2.75, 3.05) is 11.9 Å². The molecule has 0 aliphatic heterocycles. The van der Waals surface area contributed by atoms with Crippen molar-refractivity contribution in [1.82, 2.24) is 5.32 Å². The highest BCUT2D eigenvalue weighted by Crippen LogP contribution is 2.19. The van der Waals surface area contributed by atoms with Crippen LogP contribution in [0.2, 0.25) is 0 Å². The number of benzene rings is 3. The zero-order chi connectivity index (χ0) is 23.3. The van der Waals surface area contributed by atoms with Crippen molar-refractivity contribution >= 4 is 17.7 Å². The number of amides is 2. The van der Waals surface area contributed by atoms with E-state index in [0.717, 1.165) is 28.8 Å². The molecule has 0 radical (unpaired) electrons. The first-order chi connectivity index (χ1) is 16.1. The average Bonchev–Trinajstić information content (AvgIpc) is 2.86. The predicted molar refractivity (Wildman–Crippen MR) is 129 cm³/mol. The first kappa shape index (κ1) is 24.0. The minimum atomic E-state index is -0.493. The van der Waals surface area contributed by atoms with E-state index in [9.17, 15) is 14.7 Å². The van der Waals surface area contributed by atoms with Crippen LogP contribution < -0.4 is 10.6 Å². The summed E-state index contributed by atoms with van der Waals surface area (Å²) in [7, 11) is 0. The molecule has 0 bridgehead atoms. The third-order valence-electron chi connectivity index (χ3n) is 5.19. The predicted octanol–water partition coefficient (Wildman–Crippen LogP) is 5.00. The van der Waals surface area contributed by atoms with Gasteiger partial charge in [0.1, 0.15) is 6.61 Å². The number of carbonyl (C=O) groups is 2. The molecule has 2 amide bonds. The quantitative estimate of drug-likeness (QED) is 0.362. The molecule has 1 atom stereocenters. The monoisotopic (exact) mass is 446 g/mol. The van der Waals surface area contributed by atoms with Crippen molar-refractivity contribution < 1.29 is 19.4 Å². The van der Waals surface area contributed by atoms with E-state index in [1.54, 1.807) is 0 Å². The SMILES string of the molecule is O=C(CCCNC(=O)OCc1ccccc1)Nc1ccc(CCC(O)c2ccccc2)cc1. The molecule has 0 spiro atoms. The van der Waals surface area contributed by atoms with E-state index in [1.807, 2.05) is 84.9 Å². The molecule has 1 unspecified atom stereocenters. The summed E-state index contributed by atoms with van der Waals surface area (Å²) in [5.41, 5.74) is 3.66. The molecule has 3 aromatic rings. The van der Waals surface area contributed by atoms with Crippen LogP contribution in [0.4, 0.5) is 10.5 Å². The van der Waals surface area contributed by atoms with Gasteiger partial charge in [-0.15, -0.1) is 0 Å². The largest absolute Gasteiger partial charge is 0.445 e. The third kappa shape index (κ3) is 8.79. The number of aryl methyl sites for hydroxylation is 1. The van der Waals surface area contributed by atoms with Crippen molar-refractivity contribution in [2.24, 2.45) is 0 Å². The number of nitrogens with one attached hydrogen (secondary N) is 2. The number of hydrogen-bond donors (Lipinski definition) is 3. The van der Waals surface area contributed by atoms with Gasteiger partial charge in [-0.3, -0.25) is 4.79 Å². The van der Waals surface area contributed by atoms with Crippen LogP contribution in [0.1, 0.15) is 42.1 Å². The van der Waals surface area contributed by atoms with Crippen molar-refractivity contribution in [3.05, 3.63) is 102 Å². The van der Waals surface area contributed by atoms with Crippen LogP contribution in [0.25, 0.3) is 0 Å². The van der Waals surface area contributed by atoms with Gasteiger partial charge >= 0.3 is 6.09 Å². The van der Waals surface area contributed by atoms with Gasteiger partial charge in [0.25, 0.3) is 0 Å². The minimum Gasteiger partial charge on any atom is -0.445 e. The Morgan fingerprint density at radius 3 is 2.21 bits per heavy atom. The van der Waals surface area contributed by atoms with Gasteiger partial charge in [0.2, 0.25) is 5.91 Å². The third-order valence-corrected chi connectivity index (χ3v) is 5.19. The van der Waals surface area contributed by atoms with Gasteiger partial charge in [-0.1, -0.05) is 72.8 Å². The van der Waals surface area contributed by atoms with Gasteiger partial charge in [0.15, 0.2) is 0 Å². The zero-order valence-corrected chi connectivity index (χ0v) is 18.6. The van der Waals surface area contributed by atoms with E-state index in [2.05, 4.69) is 10.6 Å². The topological polar surface area (TPSA) is 87.7 Å². The number of alkyl carbamates (subject to hydrolysis) is 1. The summed E-state index contributed by atoms with van der Waals surface area (Å²) in [4.78, 5) is 23.8. The molecule has 0 aliphatic carbocycles. The molecular formula is C27H30N2O4. The highest BCUT2D eigenvalue weighted by atomic mass is 16.5. The van der Waals surface area contributed by atoms with Crippen LogP contribution in [0, 0.1) is 0 Å². The highest BCUT2D eigenvalue weighted by Gasteiger charge is 2.08. The summed E-state index contributed by atoms with van der Waals surface area (Å²) < 4.78 is 5.14. The summed E-state index contributed by atoms with van der Waals surface area (Å²) in [5, 5.41) is 15.8. The highest BCUT2D eigenvalue weighted by molar-refractivity contribution is 5.90. The lowest BCUT2D eigenvalue weighted by molar-refractivity contribution is -0.116. The van der Waals surface area contributed by atoms with Crippen LogP contribution in [0.3, 0.4) is 0 Å². The van der Waals surface area contributed by atoms with Gasteiger partial charge in [-0.25, -0.2) is 4.79 Å². The molecule has 3 N–H and O–H groups in total. The van der Waals surface area contributed by atoms with Gasteiger partial charge in [-0.2, -0.15) is 0 Å². The Morgan fingerprint density at radius 1 is 0.848 bits per heavy atom. The van der Waals surface area contributed by atoms with Crippen LogP contribution in [0.5, 0.6) is 0 Å². The molecule has 0 aromatic heterocycles. The van der Waals surface area contributed by atoms with Crippen molar-refractivity contribution in [3.63, 3.8) is 0 Å². The number of aliphatic hydroxyl groups excluding tert-OH is 1. The number of rotatable bonds is 11. The molecule has 0 aliphatic rings. The second-order valence-electron chi connectivity index (χ2n) is 7.80. The number of anilines is 1. The van der Waals surface area contributed by atoms with E-state index >= 15 is 0 Å². The molecule has 6 heteroatoms. The average molecular weight is 447 g/mol. The maximum absolute atomic E-state index is 12.1. The number of hydrogen-bond acceptors (Lipinski definition) is 4. The Morgan fingerprint density at radius 2 is 1.52 bits per heavy atom. The number of ether oxygens (including phenoxy) is 1. The fourth-order valence-electron chi connectivity index (χ4n) is 3.34. The lowest BCUT2D eigenvalue weighted by Crippen LogP contribution is -2.26. The van der Waals surface area contributed by atoms with Gasteiger partial charge in [0, 0.05) is 18.7 Å². The van der Waals surface area contributed by atoms with E-state index in [0.29, 0.717) is 25.8 Å². The van der Waals surface area contributed by atoms with Crippen molar-refractivity contribution in [3.8, 4) is 0 Å². The van der Waals surface area contributed by atoms with Crippen molar-refractivity contribution in [1.29, 1.82) is 0 Å². The lowest BCUT2D eigenvalue weighted by atomic mass is 10.0. The molecule has 33 heavy (non-hydrogen) atoms. The molecule has 0 saturated carbocycles. The number of aliphatic hydroxyl groups is 1. The lowest BCUT2D eigenvalue weighted by Gasteiger charge is -2.11. The summed E-state index contributed by atoms with van der Waals surface area (Å²) in [6.07, 6.45) is 1.21. The van der Waals surface area contributed by atoms with E-state index in [-0.39, 0.29) is 12.5 Å². The second kappa shape index (κ2) is 13.0. The molecule has 0 fully saturated rings. The van der Waals surface area contributed by atoms with Gasteiger partial charge < -0.3 is 20.5 Å². The smallest absolute Gasteiger partial charge is 0.407 e. The minimum absolute atomic E-state index is 0.110. The van der Waals surface area contributed by atoms with Crippen LogP contribution in [-0.4, -0.2) is 23.7 Å². The van der Waals surface area contributed by atoms with Gasteiger partial charge in [-0.05, 0) is 48.1 Å². The summed E-state index contributed by atoms with van der Waals surface area (Å²) in [5.74, 6) is -0.110. The van der Waals surface area contributed by atoms with E-state index in [4.69, 9.17) is 4.74 Å². The van der Waals surface area contributed by atoms with E-state index < -0.39 is 12.2 Å². The Balaban J connectivity index is 1.29. The normalized spacial score (nSPS) is 11.4. The second-order valence-corrected chi connectivity index (χ2v) is 7.80. The summed E-state index contributed by atoms with van der Waals surface area (Å²) in [6.45, 7) is 0.581. The molecule has 3 aromatic carbocycles. The van der Waals surface area contributed by atoms with E-state index in [1.165, 1.54) is 0 Å². The standard InChI is InChI=1S/C27H30N2O4/c30-25(23-10-5-2-6-11-23)18-15-21-13-16-24(17-14-21)29-26(31)12-7-19-28-27(32)33-20-22-8-3-1-4-9-22/h1-6,8-11,13-14,16-17,25,30H,7,12,15,18-20H2,(H,28,32)(H,29,31). The molecular weight excluding hydrogens is 416 g/mol. The maximum Gasteiger partial charge on any atom is 0.407 e. The Labute approximate surface area is 194 Å². The fourth-order valence-corrected chi connectivity index (χ4v) is 3.34.